The predicted octanol–water partition coefficient (Wildman–Crippen LogP) is 2.91. The Morgan fingerprint density at radius 1 is 1.18 bits per heavy atom. The molecular formula is C15H20O2. The summed E-state index contributed by atoms with van der Waals surface area (Å²) in [6.07, 6.45) is 1.29. The van der Waals surface area contributed by atoms with Crippen molar-refractivity contribution in [3.8, 4) is 0 Å². The summed E-state index contributed by atoms with van der Waals surface area (Å²) >= 11 is 0. The van der Waals surface area contributed by atoms with Crippen molar-refractivity contribution in [3.63, 3.8) is 0 Å². The fourth-order valence-corrected chi connectivity index (χ4v) is 3.04. The van der Waals surface area contributed by atoms with E-state index in [2.05, 4.69) is 13.8 Å². The Morgan fingerprint density at radius 2 is 1.82 bits per heavy atom. The molecule has 2 nitrogen and oxygen atoms in total. The van der Waals surface area contributed by atoms with Crippen molar-refractivity contribution >= 4 is 5.78 Å². The standard InChI is InChI=1S/C15H20O2/c1-10-8-11(2)14(13(16)9-10)15(17)12-6-4-3-5-7-12/h3-7,10-11,13-14,16H,8-9H2,1-2H3/t10-,11+,13+,14-/m1/s1. The maximum absolute atomic E-state index is 12.4. The normalized spacial score (nSPS) is 33.4. The van der Waals surface area contributed by atoms with Crippen LogP contribution in [0.15, 0.2) is 30.3 Å². The van der Waals surface area contributed by atoms with Crippen LogP contribution in [0.4, 0.5) is 0 Å². The molecule has 1 aliphatic carbocycles. The highest BCUT2D eigenvalue weighted by Crippen LogP contribution is 2.35. The summed E-state index contributed by atoms with van der Waals surface area (Å²) < 4.78 is 0. The predicted molar refractivity (Wildman–Crippen MR) is 67.8 cm³/mol. The van der Waals surface area contributed by atoms with Gasteiger partial charge in [0.25, 0.3) is 0 Å². The van der Waals surface area contributed by atoms with E-state index in [4.69, 9.17) is 0 Å². The molecule has 0 radical (unpaired) electrons. The molecule has 0 aromatic heterocycles. The van der Waals surface area contributed by atoms with E-state index in [1.54, 1.807) is 0 Å². The molecule has 0 unspecified atom stereocenters. The van der Waals surface area contributed by atoms with E-state index in [1.807, 2.05) is 30.3 Å². The Kier molecular flexibility index (Phi) is 3.63. The van der Waals surface area contributed by atoms with Crippen LogP contribution in [0.1, 0.15) is 37.0 Å². The summed E-state index contributed by atoms with van der Waals surface area (Å²) in [6.45, 7) is 4.22. The average molecular weight is 232 g/mol. The van der Waals surface area contributed by atoms with E-state index in [0.717, 1.165) is 18.4 Å². The molecule has 1 aromatic rings. The molecule has 1 aromatic carbocycles. The van der Waals surface area contributed by atoms with Crippen LogP contribution in [0.5, 0.6) is 0 Å². The number of ketones is 1. The van der Waals surface area contributed by atoms with Gasteiger partial charge in [-0.25, -0.2) is 0 Å². The minimum absolute atomic E-state index is 0.0949. The molecule has 2 heteroatoms. The second-order valence-corrected chi connectivity index (χ2v) is 5.38. The number of carbonyl (C=O) groups excluding carboxylic acids is 1. The van der Waals surface area contributed by atoms with E-state index < -0.39 is 6.10 Å². The number of aliphatic hydroxyl groups excluding tert-OH is 1. The lowest BCUT2D eigenvalue weighted by Gasteiger charge is -2.35. The Bertz CT molecular complexity index is 373. The first-order valence-electron chi connectivity index (χ1n) is 6.37. The Morgan fingerprint density at radius 3 is 2.41 bits per heavy atom. The third-order valence-electron chi connectivity index (χ3n) is 3.81. The second kappa shape index (κ2) is 5.01. The summed E-state index contributed by atoms with van der Waals surface area (Å²) in [5.74, 6) is 0.646. The van der Waals surface area contributed by atoms with Crippen molar-refractivity contribution in [1.29, 1.82) is 0 Å². The highest BCUT2D eigenvalue weighted by atomic mass is 16.3. The van der Waals surface area contributed by atoms with E-state index >= 15 is 0 Å². The lowest BCUT2D eigenvalue weighted by molar-refractivity contribution is 0.0190. The number of benzene rings is 1. The van der Waals surface area contributed by atoms with E-state index in [9.17, 15) is 9.90 Å². The summed E-state index contributed by atoms with van der Waals surface area (Å²) in [4.78, 5) is 12.4. The van der Waals surface area contributed by atoms with Gasteiger partial charge >= 0.3 is 0 Å². The fourth-order valence-electron chi connectivity index (χ4n) is 3.04. The van der Waals surface area contributed by atoms with Gasteiger partial charge in [-0.1, -0.05) is 44.2 Å². The van der Waals surface area contributed by atoms with Crippen LogP contribution >= 0.6 is 0 Å². The number of carbonyl (C=O) groups is 1. The molecule has 2 rings (SSSR count). The van der Waals surface area contributed by atoms with Crippen LogP contribution in [0.25, 0.3) is 0 Å². The quantitative estimate of drug-likeness (QED) is 0.796. The minimum atomic E-state index is -0.485. The third kappa shape index (κ3) is 2.58. The molecule has 1 aliphatic rings. The first-order chi connectivity index (χ1) is 8.09. The van der Waals surface area contributed by atoms with E-state index in [-0.39, 0.29) is 17.6 Å². The number of hydrogen-bond donors (Lipinski definition) is 1. The minimum Gasteiger partial charge on any atom is -0.392 e. The van der Waals surface area contributed by atoms with Gasteiger partial charge in [-0.3, -0.25) is 4.79 Å². The van der Waals surface area contributed by atoms with Gasteiger partial charge in [0.1, 0.15) is 0 Å². The zero-order valence-electron chi connectivity index (χ0n) is 10.5. The van der Waals surface area contributed by atoms with Crippen molar-refractivity contribution in [2.75, 3.05) is 0 Å². The van der Waals surface area contributed by atoms with Crippen LogP contribution in [-0.4, -0.2) is 17.0 Å². The first-order valence-corrected chi connectivity index (χ1v) is 6.37. The monoisotopic (exact) mass is 232 g/mol. The summed E-state index contributed by atoms with van der Waals surface area (Å²) in [5.41, 5.74) is 0.720. The van der Waals surface area contributed by atoms with Gasteiger partial charge in [-0.05, 0) is 24.7 Å². The van der Waals surface area contributed by atoms with Gasteiger partial charge < -0.3 is 5.11 Å². The molecule has 0 amide bonds. The largest absolute Gasteiger partial charge is 0.392 e. The Hall–Kier alpha value is -1.15. The molecule has 1 fully saturated rings. The van der Waals surface area contributed by atoms with Gasteiger partial charge in [0.15, 0.2) is 5.78 Å². The fraction of sp³-hybridized carbons (Fsp3) is 0.533. The van der Waals surface area contributed by atoms with Crippen LogP contribution in [-0.2, 0) is 0 Å². The highest BCUT2D eigenvalue weighted by molar-refractivity contribution is 5.98. The first kappa shape index (κ1) is 12.3. The van der Waals surface area contributed by atoms with Crippen molar-refractivity contribution in [1.82, 2.24) is 0 Å². The summed E-state index contributed by atoms with van der Waals surface area (Å²) in [6, 6.07) is 9.31. The number of rotatable bonds is 2. The zero-order valence-corrected chi connectivity index (χ0v) is 10.5. The second-order valence-electron chi connectivity index (χ2n) is 5.38. The molecule has 4 atom stereocenters. The molecule has 0 bridgehead atoms. The van der Waals surface area contributed by atoms with Crippen LogP contribution in [0.2, 0.25) is 0 Å². The smallest absolute Gasteiger partial charge is 0.168 e. The molecule has 1 saturated carbocycles. The maximum Gasteiger partial charge on any atom is 0.168 e. The lowest BCUT2D eigenvalue weighted by Crippen LogP contribution is -2.39. The summed E-state index contributed by atoms with van der Waals surface area (Å²) in [5, 5.41) is 10.1. The maximum atomic E-state index is 12.4. The molecular weight excluding hydrogens is 212 g/mol. The van der Waals surface area contributed by atoms with Gasteiger partial charge in [-0.2, -0.15) is 0 Å². The number of Topliss-reactive ketones (excluding diaryl/α,β-unsaturated/α-hetero) is 1. The van der Waals surface area contributed by atoms with Crippen molar-refractivity contribution in [3.05, 3.63) is 35.9 Å². The molecule has 17 heavy (non-hydrogen) atoms. The molecule has 0 spiro atoms. The third-order valence-corrected chi connectivity index (χ3v) is 3.81. The highest BCUT2D eigenvalue weighted by Gasteiger charge is 2.37. The molecule has 92 valence electrons. The van der Waals surface area contributed by atoms with E-state index in [0.29, 0.717) is 5.92 Å². The van der Waals surface area contributed by atoms with Crippen molar-refractivity contribution < 1.29 is 9.90 Å². The van der Waals surface area contributed by atoms with Crippen molar-refractivity contribution in [2.45, 2.75) is 32.8 Å². The van der Waals surface area contributed by atoms with Crippen LogP contribution in [0, 0.1) is 17.8 Å². The van der Waals surface area contributed by atoms with Gasteiger partial charge in [0, 0.05) is 5.56 Å². The van der Waals surface area contributed by atoms with Crippen LogP contribution < -0.4 is 0 Å². The number of aliphatic hydroxyl groups is 1. The average Bonchev–Trinajstić information content (AvgIpc) is 2.28. The molecule has 1 N–H and O–H groups in total. The topological polar surface area (TPSA) is 37.3 Å². The van der Waals surface area contributed by atoms with Crippen LogP contribution in [0.3, 0.4) is 0 Å². The molecule has 0 saturated heterocycles. The van der Waals surface area contributed by atoms with Gasteiger partial charge in [-0.15, -0.1) is 0 Å². The Labute approximate surface area is 103 Å². The molecule has 0 aliphatic heterocycles. The lowest BCUT2D eigenvalue weighted by atomic mass is 9.71. The number of hydrogen-bond acceptors (Lipinski definition) is 2. The van der Waals surface area contributed by atoms with E-state index in [1.165, 1.54) is 0 Å². The van der Waals surface area contributed by atoms with Crippen molar-refractivity contribution in [2.24, 2.45) is 17.8 Å². The SMILES string of the molecule is C[C@@H]1C[C@H](C)[C@@H](C(=O)c2ccccc2)[C@@H](O)C1. The summed E-state index contributed by atoms with van der Waals surface area (Å²) in [7, 11) is 0. The van der Waals surface area contributed by atoms with Gasteiger partial charge in [0.05, 0.1) is 12.0 Å². The molecule has 0 heterocycles. The zero-order chi connectivity index (χ0) is 12.4. The van der Waals surface area contributed by atoms with Gasteiger partial charge in [0.2, 0.25) is 0 Å². The Balaban J connectivity index is 2.19.